The Bertz CT molecular complexity index is 1270. The monoisotopic (exact) mass is 560 g/mol. The van der Waals surface area contributed by atoms with Crippen molar-refractivity contribution in [2.24, 2.45) is 0 Å². The number of benzene rings is 2. The Labute approximate surface area is 230 Å². The molecule has 3 aliphatic rings. The van der Waals surface area contributed by atoms with Crippen molar-refractivity contribution in [3.05, 3.63) is 65.2 Å². The van der Waals surface area contributed by atoms with Crippen molar-refractivity contribution in [1.82, 2.24) is 5.32 Å². The molecule has 1 aliphatic heterocycles. The van der Waals surface area contributed by atoms with E-state index in [0.29, 0.717) is 16.7 Å². The fraction of sp³-hybridized carbons (Fsp3) is 0.517. The van der Waals surface area contributed by atoms with E-state index in [1.807, 2.05) is 0 Å². The Balaban J connectivity index is 1.39. The molecule has 2 aromatic rings. The summed E-state index contributed by atoms with van der Waals surface area (Å²) in [6.07, 6.45) is -4.45. The van der Waals surface area contributed by atoms with Crippen molar-refractivity contribution in [2.45, 2.75) is 94.8 Å². The van der Waals surface area contributed by atoms with Crippen LogP contribution in [0, 0.1) is 11.3 Å². The van der Waals surface area contributed by atoms with Gasteiger partial charge in [-0.1, -0.05) is 30.3 Å². The van der Waals surface area contributed by atoms with E-state index in [9.17, 15) is 23.2 Å². The van der Waals surface area contributed by atoms with Gasteiger partial charge >= 0.3 is 6.36 Å². The van der Waals surface area contributed by atoms with Crippen LogP contribution in [0.3, 0.4) is 0 Å². The van der Waals surface area contributed by atoms with Crippen LogP contribution in [0.15, 0.2) is 48.5 Å². The van der Waals surface area contributed by atoms with Crippen LogP contribution in [-0.2, 0) is 37.0 Å². The minimum atomic E-state index is -4.81. The van der Waals surface area contributed by atoms with Crippen molar-refractivity contribution in [3.8, 4) is 11.8 Å². The number of ether oxygens (including phenoxy) is 5. The number of carbonyl (C=O) groups excluding carboxylic acids is 1. The first kappa shape index (κ1) is 28.4. The van der Waals surface area contributed by atoms with Gasteiger partial charge in [-0.3, -0.25) is 4.79 Å². The van der Waals surface area contributed by atoms with Crippen LogP contribution in [-0.4, -0.2) is 48.0 Å². The molecule has 0 radical (unpaired) electrons. The lowest BCUT2D eigenvalue weighted by atomic mass is 9.78. The average molecular weight is 561 g/mol. The van der Waals surface area contributed by atoms with Crippen molar-refractivity contribution in [1.29, 1.82) is 5.26 Å². The summed E-state index contributed by atoms with van der Waals surface area (Å²) in [5, 5.41) is 12.6. The van der Waals surface area contributed by atoms with Gasteiger partial charge in [-0.25, -0.2) is 0 Å². The molecule has 1 saturated heterocycles. The van der Waals surface area contributed by atoms with Gasteiger partial charge in [0.2, 0.25) is 0 Å². The number of hydrogen-bond donors (Lipinski definition) is 1. The van der Waals surface area contributed by atoms with E-state index in [4.69, 9.17) is 18.9 Å². The summed E-state index contributed by atoms with van der Waals surface area (Å²) in [5.41, 5.74) is 0.207. The van der Waals surface area contributed by atoms with Crippen LogP contribution < -0.4 is 10.1 Å². The normalized spacial score (nSPS) is 27.4. The third-order valence-electron chi connectivity index (χ3n) is 7.21. The molecule has 1 N–H and O–H groups in total. The predicted molar refractivity (Wildman–Crippen MR) is 135 cm³/mol. The van der Waals surface area contributed by atoms with Gasteiger partial charge in [0.05, 0.1) is 37.1 Å². The third-order valence-corrected chi connectivity index (χ3v) is 7.21. The van der Waals surface area contributed by atoms with Crippen molar-refractivity contribution in [2.75, 3.05) is 0 Å². The standard InChI is InChI=1S/C29H31F3N2O6/c1-27(2)39-24-14-28(26(35)34-21-10-11-21,37-17-20-8-4-3-7-19(20)15-33)13-23(25(24)40-27)36-16-18-6-5-9-22(12-18)38-29(30,31)32/h3-9,12,21,23-25H,10-11,13-14,16-17H2,1-2H3,(H,34,35)/t23?,24-,25+,28-/m1/s1. The van der Waals surface area contributed by atoms with E-state index in [1.165, 1.54) is 18.2 Å². The maximum absolute atomic E-state index is 13.7. The molecule has 2 aliphatic carbocycles. The fourth-order valence-corrected chi connectivity index (χ4v) is 5.26. The lowest BCUT2D eigenvalue weighted by Crippen LogP contribution is -2.60. The Hall–Kier alpha value is -3.17. The van der Waals surface area contributed by atoms with E-state index < -0.39 is 36.1 Å². The number of nitrogens with one attached hydrogen (secondary N) is 1. The molecule has 2 aromatic carbocycles. The number of alkyl halides is 3. The van der Waals surface area contributed by atoms with Crippen LogP contribution in [0.1, 0.15) is 56.2 Å². The number of halogens is 3. The number of nitriles is 1. The van der Waals surface area contributed by atoms with Gasteiger partial charge in [-0.05, 0) is 56.0 Å². The fourth-order valence-electron chi connectivity index (χ4n) is 5.26. The highest BCUT2D eigenvalue weighted by molar-refractivity contribution is 5.86. The molecule has 0 bridgehead atoms. The molecule has 0 spiro atoms. The molecule has 8 nitrogen and oxygen atoms in total. The molecule has 1 amide bonds. The molecule has 11 heteroatoms. The van der Waals surface area contributed by atoms with Gasteiger partial charge in [-0.2, -0.15) is 5.26 Å². The zero-order valence-corrected chi connectivity index (χ0v) is 22.2. The van der Waals surface area contributed by atoms with Crippen molar-refractivity contribution in [3.63, 3.8) is 0 Å². The highest BCUT2D eigenvalue weighted by Crippen LogP contribution is 2.44. The Kier molecular flexibility index (Phi) is 7.81. The number of rotatable bonds is 9. The summed E-state index contributed by atoms with van der Waals surface area (Å²) in [6, 6.07) is 14.8. The molecule has 5 rings (SSSR count). The first-order valence-electron chi connectivity index (χ1n) is 13.2. The molecule has 1 heterocycles. The van der Waals surface area contributed by atoms with Crippen LogP contribution >= 0.6 is 0 Å². The van der Waals surface area contributed by atoms with Gasteiger partial charge in [0.15, 0.2) is 11.4 Å². The number of hydrogen-bond acceptors (Lipinski definition) is 7. The minimum Gasteiger partial charge on any atom is -0.406 e. The zero-order chi connectivity index (χ0) is 28.5. The van der Waals surface area contributed by atoms with Gasteiger partial charge < -0.3 is 29.0 Å². The molecular formula is C29H31F3N2O6. The summed E-state index contributed by atoms with van der Waals surface area (Å²) >= 11 is 0. The molecular weight excluding hydrogens is 529 g/mol. The van der Waals surface area contributed by atoms with Crippen LogP contribution in [0.4, 0.5) is 13.2 Å². The van der Waals surface area contributed by atoms with Crippen molar-refractivity contribution >= 4 is 5.91 Å². The van der Waals surface area contributed by atoms with Gasteiger partial charge in [0.1, 0.15) is 11.9 Å². The van der Waals surface area contributed by atoms with Gasteiger partial charge in [-0.15, -0.1) is 13.2 Å². The summed E-state index contributed by atoms with van der Waals surface area (Å²) in [6.45, 7) is 3.52. The second-order valence-electron chi connectivity index (χ2n) is 10.9. The first-order chi connectivity index (χ1) is 19.0. The van der Waals surface area contributed by atoms with E-state index in [0.717, 1.165) is 12.8 Å². The third kappa shape index (κ3) is 6.75. The molecule has 214 valence electrons. The Morgan fingerprint density at radius 2 is 1.88 bits per heavy atom. The smallest absolute Gasteiger partial charge is 0.406 e. The highest BCUT2D eigenvalue weighted by atomic mass is 19.4. The quantitative estimate of drug-likeness (QED) is 0.466. The topological polar surface area (TPSA) is 99.0 Å². The lowest BCUT2D eigenvalue weighted by molar-refractivity contribution is -0.274. The van der Waals surface area contributed by atoms with E-state index >= 15 is 0 Å². The second kappa shape index (κ2) is 11.0. The molecule has 2 saturated carbocycles. The summed E-state index contributed by atoms with van der Waals surface area (Å²) in [4.78, 5) is 13.7. The summed E-state index contributed by atoms with van der Waals surface area (Å²) in [5.74, 6) is -1.58. The first-order valence-corrected chi connectivity index (χ1v) is 13.2. The molecule has 40 heavy (non-hydrogen) atoms. The zero-order valence-electron chi connectivity index (χ0n) is 22.2. The molecule has 4 atom stereocenters. The van der Waals surface area contributed by atoms with Crippen LogP contribution in [0.25, 0.3) is 0 Å². The number of nitrogens with zero attached hydrogens (tertiary/aromatic N) is 1. The average Bonchev–Trinajstić information content (AvgIpc) is 3.65. The summed E-state index contributed by atoms with van der Waals surface area (Å²) < 4.78 is 67.1. The summed E-state index contributed by atoms with van der Waals surface area (Å²) in [7, 11) is 0. The number of carbonyl (C=O) groups is 1. The highest BCUT2D eigenvalue weighted by Gasteiger charge is 2.58. The molecule has 1 unspecified atom stereocenters. The predicted octanol–water partition coefficient (Wildman–Crippen LogP) is 4.89. The Morgan fingerprint density at radius 3 is 2.60 bits per heavy atom. The van der Waals surface area contributed by atoms with E-state index in [-0.39, 0.29) is 43.8 Å². The van der Waals surface area contributed by atoms with Crippen LogP contribution in [0.5, 0.6) is 5.75 Å². The van der Waals surface area contributed by atoms with Gasteiger partial charge in [0, 0.05) is 18.9 Å². The lowest BCUT2D eigenvalue weighted by Gasteiger charge is -2.43. The molecule has 0 aromatic heterocycles. The van der Waals surface area contributed by atoms with Crippen molar-refractivity contribution < 1.29 is 41.7 Å². The van der Waals surface area contributed by atoms with E-state index in [1.54, 1.807) is 44.2 Å². The second-order valence-corrected chi connectivity index (χ2v) is 10.9. The SMILES string of the molecule is CC1(C)O[C@@H]2C[C@@](OCc3ccccc3C#N)(C(=O)NC3CC3)CC(OCc3cccc(OC(F)(F)F)c3)[C@@H]2O1. The number of fused-ring (bicyclic) bond motifs is 1. The largest absolute Gasteiger partial charge is 0.573 e. The van der Waals surface area contributed by atoms with E-state index in [2.05, 4.69) is 16.1 Å². The van der Waals surface area contributed by atoms with Crippen LogP contribution in [0.2, 0.25) is 0 Å². The molecule has 3 fully saturated rings. The number of amides is 1. The maximum Gasteiger partial charge on any atom is 0.573 e. The minimum absolute atomic E-state index is 0.0208. The maximum atomic E-state index is 13.7. The van der Waals surface area contributed by atoms with Gasteiger partial charge in [0.25, 0.3) is 5.91 Å². The Morgan fingerprint density at radius 1 is 1.10 bits per heavy atom.